The molecular weight excluding hydrogens is 404 g/mol. The number of hydrogen-bond acceptors (Lipinski definition) is 3. The van der Waals surface area contributed by atoms with Crippen molar-refractivity contribution in [3.05, 3.63) is 71.4 Å². The Morgan fingerprint density at radius 1 is 0.903 bits per heavy atom. The molecule has 0 spiro atoms. The van der Waals surface area contributed by atoms with E-state index in [0.29, 0.717) is 0 Å². The van der Waals surface area contributed by atoms with E-state index >= 15 is 0 Å². The molecule has 0 saturated carbocycles. The van der Waals surface area contributed by atoms with Crippen molar-refractivity contribution >= 4 is 17.3 Å². The fraction of sp³-hybridized carbons (Fsp3) is 0.423. The molecule has 0 amide bonds. The maximum Gasteiger partial charge on any atom is 0.0691 e. The van der Waals surface area contributed by atoms with E-state index in [1.165, 1.54) is 11.4 Å². The van der Waals surface area contributed by atoms with Crippen LogP contribution in [0.15, 0.2) is 60.7 Å². The van der Waals surface area contributed by atoms with Crippen molar-refractivity contribution in [3.8, 4) is 11.3 Å². The van der Waals surface area contributed by atoms with Crippen LogP contribution in [0.2, 0.25) is 5.02 Å². The number of nitrogens with zero attached hydrogens (tertiary/aromatic N) is 4. The number of benzene rings is 2. The summed E-state index contributed by atoms with van der Waals surface area (Å²) in [6.07, 6.45) is 2.13. The largest absolute Gasteiger partial charge is 0.369 e. The van der Waals surface area contributed by atoms with Crippen molar-refractivity contribution in [1.29, 1.82) is 0 Å². The molecule has 2 aromatic carbocycles. The van der Waals surface area contributed by atoms with E-state index in [-0.39, 0.29) is 5.54 Å². The Balaban J connectivity index is 1.34. The smallest absolute Gasteiger partial charge is 0.0691 e. The molecule has 1 aliphatic rings. The Bertz CT molecular complexity index is 965. The third-order valence-electron chi connectivity index (χ3n) is 5.94. The molecule has 0 N–H and O–H groups in total. The number of hydrogen-bond donors (Lipinski definition) is 0. The van der Waals surface area contributed by atoms with Crippen LogP contribution in [0.5, 0.6) is 0 Å². The highest BCUT2D eigenvalue weighted by Crippen LogP contribution is 2.28. The van der Waals surface area contributed by atoms with Crippen LogP contribution in [0, 0.1) is 0 Å². The van der Waals surface area contributed by atoms with Crippen molar-refractivity contribution in [2.45, 2.75) is 39.2 Å². The standard InChI is InChI=1S/C26H33ClN4/c1-26(2,3)31-25(21-11-13-22(27)14-12-21)20-23(28-31)8-7-15-29-16-18-30(19-17-29)24-9-5-4-6-10-24/h4-6,9-14,20H,7-8,15-19H2,1-3H3. The van der Waals surface area contributed by atoms with Gasteiger partial charge in [0.25, 0.3) is 0 Å². The second-order valence-corrected chi connectivity index (χ2v) is 9.81. The monoisotopic (exact) mass is 436 g/mol. The number of rotatable bonds is 6. The van der Waals surface area contributed by atoms with Crippen molar-refractivity contribution in [1.82, 2.24) is 14.7 Å². The van der Waals surface area contributed by atoms with Gasteiger partial charge in [0.05, 0.1) is 16.9 Å². The van der Waals surface area contributed by atoms with Crippen LogP contribution in [-0.2, 0) is 12.0 Å². The minimum atomic E-state index is -0.0685. The fourth-order valence-electron chi connectivity index (χ4n) is 4.24. The molecule has 1 saturated heterocycles. The van der Waals surface area contributed by atoms with Gasteiger partial charge in [0, 0.05) is 36.9 Å². The molecule has 0 unspecified atom stereocenters. The average molecular weight is 437 g/mol. The van der Waals surface area contributed by atoms with Gasteiger partial charge in [0.1, 0.15) is 0 Å². The first-order valence-corrected chi connectivity index (χ1v) is 11.7. The van der Waals surface area contributed by atoms with E-state index in [9.17, 15) is 0 Å². The van der Waals surface area contributed by atoms with E-state index in [0.717, 1.165) is 61.8 Å². The summed E-state index contributed by atoms with van der Waals surface area (Å²) >= 11 is 6.09. The second-order valence-electron chi connectivity index (χ2n) is 9.38. The van der Waals surface area contributed by atoms with Crippen LogP contribution in [-0.4, -0.2) is 47.4 Å². The minimum absolute atomic E-state index is 0.0685. The summed E-state index contributed by atoms with van der Waals surface area (Å²) in [5.41, 5.74) is 4.76. The summed E-state index contributed by atoms with van der Waals surface area (Å²) in [4.78, 5) is 5.07. The van der Waals surface area contributed by atoms with Gasteiger partial charge in [-0.2, -0.15) is 5.10 Å². The quantitative estimate of drug-likeness (QED) is 0.494. The molecule has 0 bridgehead atoms. The van der Waals surface area contributed by atoms with Crippen LogP contribution >= 0.6 is 11.6 Å². The highest BCUT2D eigenvalue weighted by molar-refractivity contribution is 6.30. The number of halogens is 1. The Kier molecular flexibility index (Phi) is 6.68. The number of piperazine rings is 1. The molecule has 0 aliphatic carbocycles. The molecular formula is C26H33ClN4. The molecule has 31 heavy (non-hydrogen) atoms. The predicted octanol–water partition coefficient (Wildman–Crippen LogP) is 5.71. The molecule has 4 nitrogen and oxygen atoms in total. The van der Waals surface area contributed by atoms with Gasteiger partial charge in [-0.3, -0.25) is 9.58 Å². The lowest BCUT2D eigenvalue weighted by Crippen LogP contribution is -2.46. The zero-order valence-corrected chi connectivity index (χ0v) is 19.6. The lowest BCUT2D eigenvalue weighted by molar-refractivity contribution is 0.254. The minimum Gasteiger partial charge on any atom is -0.369 e. The normalized spacial score (nSPS) is 15.4. The van der Waals surface area contributed by atoms with Crippen LogP contribution < -0.4 is 4.90 Å². The Hall–Kier alpha value is -2.30. The van der Waals surface area contributed by atoms with E-state index in [4.69, 9.17) is 16.7 Å². The first kappa shape index (κ1) is 21.9. The highest BCUT2D eigenvalue weighted by atomic mass is 35.5. The lowest BCUT2D eigenvalue weighted by atomic mass is 10.1. The van der Waals surface area contributed by atoms with Gasteiger partial charge in [-0.25, -0.2) is 0 Å². The molecule has 2 heterocycles. The maximum absolute atomic E-state index is 6.09. The summed E-state index contributed by atoms with van der Waals surface area (Å²) in [6, 6.07) is 21.1. The molecule has 1 aliphatic heterocycles. The summed E-state index contributed by atoms with van der Waals surface area (Å²) in [5, 5.41) is 5.73. The number of aromatic nitrogens is 2. The maximum atomic E-state index is 6.09. The van der Waals surface area contributed by atoms with E-state index in [2.05, 4.69) is 83.8 Å². The van der Waals surface area contributed by atoms with Crippen molar-refractivity contribution in [3.63, 3.8) is 0 Å². The predicted molar refractivity (Wildman–Crippen MR) is 131 cm³/mol. The molecule has 1 fully saturated rings. The Labute approximate surface area is 191 Å². The van der Waals surface area contributed by atoms with E-state index in [1.54, 1.807) is 0 Å². The van der Waals surface area contributed by atoms with E-state index in [1.807, 2.05) is 12.1 Å². The fourth-order valence-corrected chi connectivity index (χ4v) is 4.37. The molecule has 0 atom stereocenters. The average Bonchev–Trinajstić information content (AvgIpc) is 3.20. The van der Waals surface area contributed by atoms with Gasteiger partial charge in [-0.1, -0.05) is 41.9 Å². The van der Waals surface area contributed by atoms with Gasteiger partial charge in [0.2, 0.25) is 0 Å². The number of anilines is 1. The Morgan fingerprint density at radius 3 is 2.23 bits per heavy atom. The first-order valence-electron chi connectivity index (χ1n) is 11.3. The van der Waals surface area contributed by atoms with Crippen molar-refractivity contribution in [2.75, 3.05) is 37.6 Å². The van der Waals surface area contributed by atoms with Crippen molar-refractivity contribution < 1.29 is 0 Å². The molecule has 164 valence electrons. The van der Waals surface area contributed by atoms with Crippen LogP contribution in [0.4, 0.5) is 5.69 Å². The third kappa shape index (κ3) is 5.50. The lowest BCUT2D eigenvalue weighted by Gasteiger charge is -2.36. The molecule has 5 heteroatoms. The summed E-state index contributed by atoms with van der Waals surface area (Å²) in [6.45, 7) is 12.2. The van der Waals surface area contributed by atoms with Crippen LogP contribution in [0.1, 0.15) is 32.9 Å². The molecule has 4 rings (SSSR count). The second kappa shape index (κ2) is 9.46. The van der Waals surface area contributed by atoms with Crippen molar-refractivity contribution in [2.24, 2.45) is 0 Å². The van der Waals surface area contributed by atoms with Crippen LogP contribution in [0.25, 0.3) is 11.3 Å². The zero-order chi connectivity index (χ0) is 21.8. The summed E-state index contributed by atoms with van der Waals surface area (Å²) in [7, 11) is 0. The Morgan fingerprint density at radius 2 is 1.58 bits per heavy atom. The molecule has 3 aromatic rings. The molecule has 1 aromatic heterocycles. The first-order chi connectivity index (χ1) is 14.9. The highest BCUT2D eigenvalue weighted by Gasteiger charge is 2.21. The summed E-state index contributed by atoms with van der Waals surface area (Å²) in [5.74, 6) is 0. The number of para-hydroxylation sites is 1. The van der Waals surface area contributed by atoms with E-state index < -0.39 is 0 Å². The van der Waals surface area contributed by atoms with Gasteiger partial charge in [-0.05, 0) is 76.1 Å². The third-order valence-corrected chi connectivity index (χ3v) is 6.19. The number of aryl methyl sites for hydroxylation is 1. The topological polar surface area (TPSA) is 24.3 Å². The van der Waals surface area contributed by atoms with Gasteiger partial charge in [0.15, 0.2) is 0 Å². The molecule has 0 radical (unpaired) electrons. The van der Waals surface area contributed by atoms with Gasteiger partial charge in [-0.15, -0.1) is 0 Å². The van der Waals surface area contributed by atoms with Crippen LogP contribution in [0.3, 0.4) is 0 Å². The van der Waals surface area contributed by atoms with Gasteiger partial charge < -0.3 is 4.90 Å². The zero-order valence-electron chi connectivity index (χ0n) is 18.9. The summed E-state index contributed by atoms with van der Waals surface area (Å²) < 4.78 is 2.16. The SMILES string of the molecule is CC(C)(C)n1nc(CCCN2CCN(c3ccccc3)CC2)cc1-c1ccc(Cl)cc1. The van der Waals surface area contributed by atoms with Gasteiger partial charge >= 0.3 is 0 Å².